The Balaban J connectivity index is 2.14. The van der Waals surface area contributed by atoms with Crippen LogP contribution in [0.15, 0.2) is 30.3 Å². The molecule has 0 aliphatic heterocycles. The summed E-state index contributed by atoms with van der Waals surface area (Å²) in [4.78, 5) is 13.9. The van der Waals surface area contributed by atoms with Gasteiger partial charge in [-0.25, -0.2) is 0 Å². The lowest BCUT2D eigenvalue weighted by molar-refractivity contribution is -0.124. The van der Waals surface area contributed by atoms with Crippen molar-refractivity contribution < 1.29 is 4.79 Å². The average molecular weight is 262 g/mol. The van der Waals surface area contributed by atoms with Gasteiger partial charge in [-0.1, -0.05) is 44.2 Å². The quantitative estimate of drug-likeness (QED) is 0.731. The van der Waals surface area contributed by atoms with Gasteiger partial charge in [0.05, 0.1) is 0 Å². The summed E-state index contributed by atoms with van der Waals surface area (Å²) in [5.74, 6) is 0.301. The molecule has 1 N–H and O–H groups in total. The molecule has 0 radical (unpaired) electrons. The number of hydrogen-bond acceptors (Lipinski definition) is 2. The van der Waals surface area contributed by atoms with Crippen molar-refractivity contribution in [2.24, 2.45) is 5.92 Å². The number of rotatable bonds is 8. The minimum Gasteiger partial charge on any atom is -0.356 e. The zero-order chi connectivity index (χ0) is 14.1. The zero-order valence-electron chi connectivity index (χ0n) is 12.4. The fourth-order valence-electron chi connectivity index (χ4n) is 1.89. The number of carbonyl (C=O) groups excluding carboxylic acids is 1. The van der Waals surface area contributed by atoms with Crippen LogP contribution >= 0.6 is 0 Å². The van der Waals surface area contributed by atoms with E-state index in [2.05, 4.69) is 41.5 Å². The highest BCUT2D eigenvalue weighted by molar-refractivity contribution is 5.78. The van der Waals surface area contributed by atoms with Crippen molar-refractivity contribution in [3.05, 3.63) is 35.9 Å². The molecule has 1 unspecified atom stereocenters. The fourth-order valence-corrected chi connectivity index (χ4v) is 1.89. The number of benzene rings is 1. The molecule has 0 bridgehead atoms. The lowest BCUT2D eigenvalue weighted by Gasteiger charge is -2.17. The molecule has 3 nitrogen and oxygen atoms in total. The number of hydrogen-bond donors (Lipinski definition) is 1. The first-order valence-electron chi connectivity index (χ1n) is 7.13. The van der Waals surface area contributed by atoms with E-state index in [1.54, 1.807) is 0 Å². The second-order valence-corrected chi connectivity index (χ2v) is 5.18. The van der Waals surface area contributed by atoms with E-state index in [0.29, 0.717) is 0 Å². The number of nitrogens with zero attached hydrogens (tertiary/aromatic N) is 1. The van der Waals surface area contributed by atoms with Crippen molar-refractivity contribution >= 4 is 5.91 Å². The molecule has 3 heteroatoms. The molecule has 0 spiro atoms. The summed E-state index contributed by atoms with van der Waals surface area (Å²) in [5.41, 5.74) is 1.33. The van der Waals surface area contributed by atoms with Crippen LogP contribution in [-0.2, 0) is 11.3 Å². The van der Waals surface area contributed by atoms with Gasteiger partial charge in [-0.3, -0.25) is 4.79 Å². The van der Waals surface area contributed by atoms with Gasteiger partial charge in [0.2, 0.25) is 5.91 Å². The highest BCUT2D eigenvalue weighted by Crippen LogP contribution is 2.03. The van der Waals surface area contributed by atoms with Crippen LogP contribution < -0.4 is 5.32 Å². The van der Waals surface area contributed by atoms with Gasteiger partial charge in [-0.15, -0.1) is 0 Å². The van der Waals surface area contributed by atoms with Gasteiger partial charge in [0.15, 0.2) is 0 Å². The molecule has 1 rings (SSSR count). The number of nitrogens with one attached hydrogen (secondary N) is 1. The molecule has 0 aliphatic rings. The van der Waals surface area contributed by atoms with Crippen molar-refractivity contribution in [3.63, 3.8) is 0 Å². The number of carbonyl (C=O) groups is 1. The summed E-state index contributed by atoms with van der Waals surface area (Å²) >= 11 is 0. The van der Waals surface area contributed by atoms with Crippen LogP contribution in [0.1, 0.15) is 32.3 Å². The van der Waals surface area contributed by atoms with Gasteiger partial charge < -0.3 is 10.2 Å². The first-order valence-corrected chi connectivity index (χ1v) is 7.13. The molecular weight excluding hydrogens is 236 g/mol. The summed E-state index contributed by atoms with van der Waals surface area (Å²) in [5, 5.41) is 2.99. The first kappa shape index (κ1) is 15.7. The Morgan fingerprint density at radius 1 is 1.32 bits per heavy atom. The van der Waals surface area contributed by atoms with Gasteiger partial charge in [-0.2, -0.15) is 0 Å². The Morgan fingerprint density at radius 3 is 2.63 bits per heavy atom. The smallest absolute Gasteiger partial charge is 0.222 e. The molecule has 0 saturated heterocycles. The van der Waals surface area contributed by atoms with E-state index < -0.39 is 0 Å². The van der Waals surface area contributed by atoms with E-state index in [1.165, 1.54) is 5.56 Å². The molecule has 1 atom stereocenters. The summed E-state index contributed by atoms with van der Waals surface area (Å²) in [6.07, 6.45) is 1.89. The second-order valence-electron chi connectivity index (χ2n) is 5.18. The summed E-state index contributed by atoms with van der Waals surface area (Å²) in [7, 11) is 2.11. The van der Waals surface area contributed by atoms with Crippen molar-refractivity contribution in [1.82, 2.24) is 10.2 Å². The van der Waals surface area contributed by atoms with Crippen LogP contribution in [0.5, 0.6) is 0 Å². The van der Waals surface area contributed by atoms with Crippen LogP contribution in [-0.4, -0.2) is 30.9 Å². The Kier molecular flexibility index (Phi) is 7.19. The summed E-state index contributed by atoms with van der Waals surface area (Å²) in [6, 6.07) is 10.4. The van der Waals surface area contributed by atoms with Gasteiger partial charge >= 0.3 is 0 Å². The third-order valence-corrected chi connectivity index (χ3v) is 3.37. The second kappa shape index (κ2) is 8.70. The minimum atomic E-state index is 0.127. The molecule has 0 fully saturated rings. The Morgan fingerprint density at radius 2 is 2.00 bits per heavy atom. The monoisotopic (exact) mass is 262 g/mol. The Labute approximate surface area is 117 Å². The van der Waals surface area contributed by atoms with E-state index in [-0.39, 0.29) is 11.8 Å². The molecule has 1 aromatic carbocycles. The molecule has 1 amide bonds. The van der Waals surface area contributed by atoms with E-state index in [4.69, 9.17) is 0 Å². The van der Waals surface area contributed by atoms with Crippen LogP contribution in [0, 0.1) is 5.92 Å². The predicted octanol–water partition coefficient (Wildman–Crippen LogP) is 2.67. The van der Waals surface area contributed by atoms with Crippen LogP contribution in [0.4, 0.5) is 0 Å². The van der Waals surface area contributed by atoms with E-state index in [1.807, 2.05) is 19.9 Å². The summed E-state index contributed by atoms with van der Waals surface area (Å²) < 4.78 is 0. The van der Waals surface area contributed by atoms with E-state index >= 15 is 0 Å². The maximum Gasteiger partial charge on any atom is 0.222 e. The highest BCUT2D eigenvalue weighted by atomic mass is 16.1. The Hall–Kier alpha value is -1.35. The molecule has 1 aromatic rings. The van der Waals surface area contributed by atoms with E-state index in [0.717, 1.165) is 32.5 Å². The summed E-state index contributed by atoms with van der Waals surface area (Å²) in [6.45, 7) is 6.73. The van der Waals surface area contributed by atoms with Gasteiger partial charge in [0.1, 0.15) is 0 Å². The molecule has 0 saturated carbocycles. The standard InChI is InChI=1S/C16H26N2O/c1-4-14(2)16(19)17-11-8-12-18(3)13-15-9-6-5-7-10-15/h5-7,9-10,14H,4,8,11-13H2,1-3H3,(H,17,19). The van der Waals surface area contributed by atoms with Crippen molar-refractivity contribution in [2.75, 3.05) is 20.1 Å². The van der Waals surface area contributed by atoms with Crippen LogP contribution in [0.25, 0.3) is 0 Å². The third-order valence-electron chi connectivity index (χ3n) is 3.37. The molecule has 0 aromatic heterocycles. The largest absolute Gasteiger partial charge is 0.356 e. The lowest BCUT2D eigenvalue weighted by atomic mass is 10.1. The van der Waals surface area contributed by atoms with Crippen LogP contribution in [0.3, 0.4) is 0 Å². The predicted molar refractivity (Wildman–Crippen MR) is 79.9 cm³/mol. The number of amides is 1. The maximum atomic E-state index is 11.6. The molecule has 106 valence electrons. The molecular formula is C16H26N2O. The molecule has 0 heterocycles. The van der Waals surface area contributed by atoms with Crippen molar-refractivity contribution in [1.29, 1.82) is 0 Å². The van der Waals surface area contributed by atoms with Gasteiger partial charge in [0.25, 0.3) is 0 Å². The maximum absolute atomic E-state index is 11.6. The Bertz CT molecular complexity index is 364. The van der Waals surface area contributed by atoms with Gasteiger partial charge in [-0.05, 0) is 32.0 Å². The fraction of sp³-hybridized carbons (Fsp3) is 0.562. The van der Waals surface area contributed by atoms with Crippen LogP contribution in [0.2, 0.25) is 0 Å². The highest BCUT2D eigenvalue weighted by Gasteiger charge is 2.09. The zero-order valence-corrected chi connectivity index (χ0v) is 12.4. The van der Waals surface area contributed by atoms with Crippen molar-refractivity contribution in [3.8, 4) is 0 Å². The van der Waals surface area contributed by atoms with Gasteiger partial charge in [0, 0.05) is 19.0 Å². The van der Waals surface area contributed by atoms with E-state index in [9.17, 15) is 4.79 Å². The lowest BCUT2D eigenvalue weighted by Crippen LogP contribution is -2.31. The molecule has 19 heavy (non-hydrogen) atoms. The molecule has 0 aliphatic carbocycles. The van der Waals surface area contributed by atoms with Crippen molar-refractivity contribution in [2.45, 2.75) is 33.2 Å². The first-order chi connectivity index (χ1) is 9.13. The average Bonchev–Trinajstić information content (AvgIpc) is 2.43. The topological polar surface area (TPSA) is 32.3 Å². The normalized spacial score (nSPS) is 12.4. The minimum absolute atomic E-state index is 0.127. The third kappa shape index (κ3) is 6.39. The SMILES string of the molecule is CCC(C)C(=O)NCCCN(C)Cc1ccccc1.